The van der Waals surface area contributed by atoms with Crippen LogP contribution in [-0.4, -0.2) is 0 Å². The van der Waals surface area contributed by atoms with Crippen LogP contribution in [0.3, 0.4) is 0 Å². The molecule has 1 atom stereocenters. The minimum Gasteiger partial charge on any atom is -0.376 e. The fraction of sp³-hybridized carbons (Fsp3) is 0.167. The maximum Gasteiger partial charge on any atom is 0.125 e. The van der Waals surface area contributed by atoms with E-state index in [-0.39, 0.29) is 6.04 Å². The van der Waals surface area contributed by atoms with Crippen molar-refractivity contribution >= 4 is 67.8 Å². The van der Waals surface area contributed by atoms with E-state index < -0.39 is 5.82 Å². The Morgan fingerprint density at radius 1 is 1.26 bits per heavy atom. The molecule has 19 heavy (non-hydrogen) atoms. The lowest BCUT2D eigenvalue weighted by molar-refractivity contribution is 0.627. The first-order valence-electron chi connectivity index (χ1n) is 5.24. The molecule has 0 radical (unpaired) electrons. The van der Waals surface area contributed by atoms with Crippen molar-refractivity contribution in [1.82, 2.24) is 0 Å². The lowest BCUT2D eigenvalue weighted by Crippen LogP contribution is -2.07. The molecule has 102 valence electrons. The van der Waals surface area contributed by atoms with Crippen LogP contribution in [0.2, 0.25) is 13.7 Å². The molecule has 1 heterocycles. The van der Waals surface area contributed by atoms with Gasteiger partial charge >= 0.3 is 0 Å². The van der Waals surface area contributed by atoms with Gasteiger partial charge in [0.05, 0.1) is 25.4 Å². The van der Waals surface area contributed by atoms with Crippen molar-refractivity contribution in [3.05, 3.63) is 47.7 Å². The highest BCUT2D eigenvalue weighted by molar-refractivity contribution is 9.10. The number of hydrogen-bond donors (Lipinski definition) is 1. The Morgan fingerprint density at radius 2 is 1.95 bits per heavy atom. The topological polar surface area (TPSA) is 12.0 Å². The molecular weight excluding hydrogens is 395 g/mol. The number of halogens is 5. The molecule has 0 aliphatic rings. The Kier molecular flexibility index (Phi) is 5.01. The van der Waals surface area contributed by atoms with Crippen molar-refractivity contribution < 1.29 is 4.39 Å². The van der Waals surface area contributed by atoms with Crippen LogP contribution < -0.4 is 5.32 Å². The molecule has 0 bridgehead atoms. The summed E-state index contributed by atoms with van der Waals surface area (Å²) >= 11 is 22.6. The van der Waals surface area contributed by atoms with Crippen molar-refractivity contribution in [3.63, 3.8) is 0 Å². The zero-order valence-electron chi connectivity index (χ0n) is 9.61. The van der Waals surface area contributed by atoms with Crippen molar-refractivity contribution in [3.8, 4) is 0 Å². The summed E-state index contributed by atoms with van der Waals surface area (Å²) in [7, 11) is 0. The monoisotopic (exact) mass is 401 g/mol. The van der Waals surface area contributed by atoms with Gasteiger partial charge in [0.1, 0.15) is 5.82 Å². The van der Waals surface area contributed by atoms with Crippen LogP contribution in [0.1, 0.15) is 18.5 Å². The van der Waals surface area contributed by atoms with Crippen LogP contribution in [0.4, 0.5) is 10.1 Å². The van der Waals surface area contributed by atoms with E-state index in [1.165, 1.54) is 23.5 Å². The SMILES string of the molecule is CC(Nc1c(Cl)cc(F)cc1Br)c1cc(Cl)sc1Cl. The summed E-state index contributed by atoms with van der Waals surface area (Å²) in [5, 5.41) is 3.50. The fourth-order valence-corrected chi connectivity index (χ4v) is 4.19. The standard InChI is InChI=1S/C12H8BrCl3FNS/c1-5(7-4-10(15)19-12(7)16)18-11-8(13)2-6(17)3-9(11)14/h2-5,18H,1H3. The van der Waals surface area contributed by atoms with Crippen LogP contribution in [0, 0.1) is 5.82 Å². The average molecular weight is 404 g/mol. The van der Waals surface area contributed by atoms with Gasteiger partial charge in [-0.15, -0.1) is 11.3 Å². The Balaban J connectivity index is 2.29. The van der Waals surface area contributed by atoms with Crippen molar-refractivity contribution in [1.29, 1.82) is 0 Å². The van der Waals surface area contributed by atoms with Crippen LogP contribution in [0.15, 0.2) is 22.7 Å². The molecule has 0 aliphatic heterocycles. The minimum atomic E-state index is -0.397. The first-order valence-corrected chi connectivity index (χ1v) is 7.98. The molecule has 1 unspecified atom stereocenters. The van der Waals surface area contributed by atoms with E-state index >= 15 is 0 Å². The van der Waals surface area contributed by atoms with Crippen molar-refractivity contribution in [2.75, 3.05) is 5.32 Å². The van der Waals surface area contributed by atoms with Gasteiger partial charge in [0, 0.05) is 10.0 Å². The molecule has 1 aromatic heterocycles. The van der Waals surface area contributed by atoms with Gasteiger partial charge in [-0.1, -0.05) is 34.8 Å². The molecule has 7 heteroatoms. The Labute approximate surface area is 137 Å². The van der Waals surface area contributed by atoms with Gasteiger partial charge in [-0.25, -0.2) is 4.39 Å². The Hall–Kier alpha value is -0.0000000000000000555. The van der Waals surface area contributed by atoms with E-state index in [1.807, 2.05) is 6.92 Å². The molecule has 1 N–H and O–H groups in total. The molecule has 2 aromatic rings. The van der Waals surface area contributed by atoms with E-state index in [2.05, 4.69) is 21.2 Å². The summed E-state index contributed by atoms with van der Waals surface area (Å²) in [5.74, 6) is -0.397. The summed E-state index contributed by atoms with van der Waals surface area (Å²) in [6.45, 7) is 1.93. The predicted molar refractivity (Wildman–Crippen MR) is 85.5 cm³/mol. The predicted octanol–water partition coefficient (Wildman–Crippen LogP) is 6.78. The first kappa shape index (κ1) is 15.4. The van der Waals surface area contributed by atoms with Gasteiger partial charge in [-0.3, -0.25) is 0 Å². The number of nitrogens with one attached hydrogen (secondary N) is 1. The van der Waals surface area contributed by atoms with Crippen LogP contribution in [0.5, 0.6) is 0 Å². The molecular formula is C12H8BrCl3FNS. The smallest absolute Gasteiger partial charge is 0.125 e. The minimum absolute atomic E-state index is 0.101. The first-order chi connectivity index (χ1) is 8.88. The molecule has 0 saturated heterocycles. The lowest BCUT2D eigenvalue weighted by atomic mass is 10.1. The second kappa shape index (κ2) is 6.19. The van der Waals surface area contributed by atoms with Gasteiger partial charge < -0.3 is 5.32 Å². The molecule has 1 nitrogen and oxygen atoms in total. The van der Waals surface area contributed by atoms with E-state index in [9.17, 15) is 4.39 Å². The van der Waals surface area contributed by atoms with Crippen LogP contribution in [0.25, 0.3) is 0 Å². The number of thiophene rings is 1. The number of anilines is 1. The summed E-state index contributed by atoms with van der Waals surface area (Å²) in [5.41, 5.74) is 1.50. The van der Waals surface area contributed by atoms with Crippen LogP contribution in [-0.2, 0) is 0 Å². The average Bonchev–Trinajstić information content (AvgIpc) is 2.62. The third-order valence-corrected chi connectivity index (χ3v) is 4.96. The highest BCUT2D eigenvalue weighted by Gasteiger charge is 2.16. The maximum absolute atomic E-state index is 13.2. The molecule has 0 fully saturated rings. The fourth-order valence-electron chi connectivity index (χ4n) is 1.62. The van der Waals surface area contributed by atoms with E-state index in [1.54, 1.807) is 6.07 Å². The Bertz CT molecular complexity index is 594. The summed E-state index contributed by atoms with van der Waals surface area (Å²) < 4.78 is 15.0. The molecule has 0 saturated carbocycles. The highest BCUT2D eigenvalue weighted by atomic mass is 79.9. The van der Waals surface area contributed by atoms with E-state index in [0.29, 0.717) is 23.9 Å². The van der Waals surface area contributed by atoms with Crippen molar-refractivity contribution in [2.45, 2.75) is 13.0 Å². The van der Waals surface area contributed by atoms with Gasteiger partial charge in [-0.05, 0) is 41.1 Å². The van der Waals surface area contributed by atoms with Crippen molar-refractivity contribution in [2.24, 2.45) is 0 Å². The van der Waals surface area contributed by atoms with Crippen LogP contribution >= 0.6 is 62.1 Å². The number of rotatable bonds is 3. The summed E-state index contributed by atoms with van der Waals surface area (Å²) in [6.07, 6.45) is 0. The Morgan fingerprint density at radius 3 is 2.47 bits per heavy atom. The molecule has 2 rings (SSSR count). The number of hydrogen-bond acceptors (Lipinski definition) is 2. The quantitative estimate of drug-likeness (QED) is 0.595. The largest absolute Gasteiger partial charge is 0.376 e. The lowest BCUT2D eigenvalue weighted by Gasteiger charge is -2.17. The molecule has 0 spiro atoms. The third kappa shape index (κ3) is 3.56. The summed E-state index contributed by atoms with van der Waals surface area (Å²) in [4.78, 5) is 0. The second-order valence-electron chi connectivity index (χ2n) is 3.89. The van der Waals surface area contributed by atoms with E-state index in [0.717, 1.165) is 5.56 Å². The molecule has 1 aromatic carbocycles. The van der Waals surface area contributed by atoms with Gasteiger partial charge in [-0.2, -0.15) is 0 Å². The zero-order chi connectivity index (χ0) is 14.2. The zero-order valence-corrected chi connectivity index (χ0v) is 14.3. The van der Waals surface area contributed by atoms with Gasteiger partial charge in [0.2, 0.25) is 0 Å². The molecule has 0 aliphatic carbocycles. The van der Waals surface area contributed by atoms with Gasteiger partial charge in [0.25, 0.3) is 0 Å². The summed E-state index contributed by atoms with van der Waals surface area (Å²) in [6, 6.07) is 4.31. The highest BCUT2D eigenvalue weighted by Crippen LogP contribution is 2.39. The third-order valence-electron chi connectivity index (χ3n) is 2.52. The molecule has 0 amide bonds. The van der Waals surface area contributed by atoms with E-state index in [4.69, 9.17) is 34.8 Å². The number of benzene rings is 1. The van der Waals surface area contributed by atoms with Gasteiger partial charge in [0.15, 0.2) is 0 Å². The normalized spacial score (nSPS) is 12.5. The second-order valence-corrected chi connectivity index (χ2v) is 7.44. The maximum atomic E-state index is 13.2.